The number of ether oxygens (including phenoxy) is 2. The van der Waals surface area contributed by atoms with Gasteiger partial charge >= 0.3 is 0 Å². The number of benzene rings is 2. The van der Waals surface area contributed by atoms with Gasteiger partial charge in [-0.3, -0.25) is 4.79 Å². The van der Waals surface area contributed by atoms with Crippen molar-refractivity contribution in [3.63, 3.8) is 0 Å². The molecular formula is C21H23NO3. The number of amides is 1. The number of hydrogen-bond donors (Lipinski definition) is 0. The lowest BCUT2D eigenvalue weighted by atomic mass is 10.1. The van der Waals surface area contributed by atoms with E-state index in [1.807, 2.05) is 54.3 Å². The van der Waals surface area contributed by atoms with Gasteiger partial charge in [0.05, 0.1) is 0 Å². The topological polar surface area (TPSA) is 38.8 Å². The molecule has 4 heteroatoms. The van der Waals surface area contributed by atoms with Gasteiger partial charge in [0.15, 0.2) is 11.5 Å². The number of rotatable bonds is 4. The molecule has 0 aromatic heterocycles. The van der Waals surface area contributed by atoms with Gasteiger partial charge < -0.3 is 14.4 Å². The number of carbonyl (C=O) groups is 1. The summed E-state index contributed by atoms with van der Waals surface area (Å²) in [6.45, 7) is 2.91. The second-order valence-corrected chi connectivity index (χ2v) is 6.92. The maximum atomic E-state index is 13.2. The van der Waals surface area contributed by atoms with Gasteiger partial charge in [0.2, 0.25) is 6.79 Å². The van der Waals surface area contributed by atoms with Gasteiger partial charge in [0.1, 0.15) is 0 Å². The fraction of sp³-hybridized carbons (Fsp3) is 0.381. The molecule has 0 N–H and O–H groups in total. The minimum atomic E-state index is 0.115. The van der Waals surface area contributed by atoms with E-state index >= 15 is 0 Å². The van der Waals surface area contributed by atoms with Crippen LogP contribution in [0.5, 0.6) is 11.5 Å². The van der Waals surface area contributed by atoms with E-state index in [2.05, 4.69) is 0 Å². The van der Waals surface area contributed by atoms with Crippen molar-refractivity contribution < 1.29 is 14.3 Å². The molecule has 0 radical (unpaired) electrons. The van der Waals surface area contributed by atoms with Crippen LogP contribution in [0.1, 0.15) is 47.2 Å². The molecule has 1 saturated carbocycles. The standard InChI is InChI=1S/C21H23NO3/c1-15-6-9-17(10-7-15)21(23)22(18-4-2-3-5-18)13-16-8-11-19-20(12-16)25-14-24-19/h6-12,18H,2-5,13-14H2,1H3. The summed E-state index contributed by atoms with van der Waals surface area (Å²) in [7, 11) is 0. The molecule has 0 saturated heterocycles. The van der Waals surface area contributed by atoms with Crippen LogP contribution in [0.3, 0.4) is 0 Å². The van der Waals surface area contributed by atoms with Crippen LogP contribution >= 0.6 is 0 Å². The van der Waals surface area contributed by atoms with E-state index in [0.29, 0.717) is 12.6 Å². The summed E-state index contributed by atoms with van der Waals surface area (Å²) < 4.78 is 10.9. The van der Waals surface area contributed by atoms with Gasteiger partial charge in [0.25, 0.3) is 5.91 Å². The maximum absolute atomic E-state index is 13.2. The summed E-state index contributed by atoms with van der Waals surface area (Å²) in [5.74, 6) is 1.66. The zero-order chi connectivity index (χ0) is 17.2. The summed E-state index contributed by atoms with van der Waals surface area (Å²) in [5.41, 5.74) is 3.01. The van der Waals surface area contributed by atoms with Crippen LogP contribution in [0.4, 0.5) is 0 Å². The third-order valence-corrected chi connectivity index (χ3v) is 5.11. The van der Waals surface area contributed by atoms with E-state index in [1.54, 1.807) is 0 Å². The molecule has 1 amide bonds. The summed E-state index contributed by atoms with van der Waals surface area (Å²) in [6.07, 6.45) is 4.57. The van der Waals surface area contributed by atoms with E-state index in [1.165, 1.54) is 18.4 Å². The van der Waals surface area contributed by atoms with Gasteiger partial charge in [0, 0.05) is 18.2 Å². The lowest BCUT2D eigenvalue weighted by Crippen LogP contribution is -2.38. The highest BCUT2D eigenvalue weighted by molar-refractivity contribution is 5.94. The molecule has 0 atom stereocenters. The van der Waals surface area contributed by atoms with Crippen LogP contribution in [-0.2, 0) is 6.54 Å². The summed E-state index contributed by atoms with van der Waals surface area (Å²) >= 11 is 0. The maximum Gasteiger partial charge on any atom is 0.254 e. The molecule has 0 bridgehead atoms. The van der Waals surface area contributed by atoms with Crippen molar-refractivity contribution in [3.8, 4) is 11.5 Å². The first-order chi connectivity index (χ1) is 12.2. The Kier molecular flexibility index (Phi) is 4.35. The average molecular weight is 337 g/mol. The summed E-state index contributed by atoms with van der Waals surface area (Å²) in [5, 5.41) is 0. The van der Waals surface area contributed by atoms with Gasteiger partial charge in [-0.15, -0.1) is 0 Å². The normalized spacial score (nSPS) is 16.2. The van der Waals surface area contributed by atoms with E-state index in [-0.39, 0.29) is 12.7 Å². The molecule has 1 heterocycles. The molecule has 130 valence electrons. The van der Waals surface area contributed by atoms with E-state index in [4.69, 9.17) is 9.47 Å². The van der Waals surface area contributed by atoms with Crippen LogP contribution in [0, 0.1) is 6.92 Å². The Balaban J connectivity index is 1.59. The van der Waals surface area contributed by atoms with E-state index in [0.717, 1.165) is 35.5 Å². The smallest absolute Gasteiger partial charge is 0.254 e. The van der Waals surface area contributed by atoms with Gasteiger partial charge in [-0.1, -0.05) is 36.6 Å². The second-order valence-electron chi connectivity index (χ2n) is 6.92. The van der Waals surface area contributed by atoms with Crippen molar-refractivity contribution in [2.45, 2.75) is 45.2 Å². The lowest BCUT2D eigenvalue weighted by Gasteiger charge is -2.29. The quantitative estimate of drug-likeness (QED) is 0.834. The van der Waals surface area contributed by atoms with Crippen molar-refractivity contribution in [1.82, 2.24) is 4.90 Å². The zero-order valence-corrected chi connectivity index (χ0v) is 14.5. The predicted molar refractivity (Wildman–Crippen MR) is 95.9 cm³/mol. The number of carbonyl (C=O) groups excluding carboxylic acids is 1. The van der Waals surface area contributed by atoms with Crippen molar-refractivity contribution in [2.24, 2.45) is 0 Å². The Morgan fingerprint density at radius 2 is 1.76 bits per heavy atom. The Hall–Kier alpha value is -2.49. The molecule has 4 nitrogen and oxygen atoms in total. The van der Waals surface area contributed by atoms with E-state index in [9.17, 15) is 4.79 Å². The van der Waals surface area contributed by atoms with Gasteiger partial charge in [-0.25, -0.2) is 0 Å². The third kappa shape index (κ3) is 3.34. The fourth-order valence-corrected chi connectivity index (χ4v) is 3.68. The number of nitrogens with zero attached hydrogens (tertiary/aromatic N) is 1. The Labute approximate surface area is 148 Å². The zero-order valence-electron chi connectivity index (χ0n) is 14.5. The Bertz CT molecular complexity index is 763. The van der Waals surface area contributed by atoms with Crippen LogP contribution in [-0.4, -0.2) is 23.6 Å². The largest absolute Gasteiger partial charge is 0.454 e. The molecule has 2 aromatic rings. The molecule has 1 aliphatic heterocycles. The molecule has 0 spiro atoms. The van der Waals surface area contributed by atoms with Crippen molar-refractivity contribution in [1.29, 1.82) is 0 Å². The number of aryl methyl sites for hydroxylation is 1. The third-order valence-electron chi connectivity index (χ3n) is 5.11. The first-order valence-corrected chi connectivity index (χ1v) is 8.97. The highest BCUT2D eigenvalue weighted by Gasteiger charge is 2.28. The molecule has 4 rings (SSSR count). The second kappa shape index (κ2) is 6.79. The fourth-order valence-electron chi connectivity index (χ4n) is 3.68. The van der Waals surface area contributed by atoms with Gasteiger partial charge in [-0.2, -0.15) is 0 Å². The molecule has 0 unspecified atom stereocenters. The molecule has 25 heavy (non-hydrogen) atoms. The minimum absolute atomic E-state index is 0.115. The number of fused-ring (bicyclic) bond motifs is 1. The van der Waals surface area contributed by atoms with E-state index < -0.39 is 0 Å². The molecule has 2 aliphatic rings. The van der Waals surface area contributed by atoms with Crippen molar-refractivity contribution in [2.75, 3.05) is 6.79 Å². The highest BCUT2D eigenvalue weighted by atomic mass is 16.7. The van der Waals surface area contributed by atoms with Crippen molar-refractivity contribution in [3.05, 3.63) is 59.2 Å². The predicted octanol–water partition coefficient (Wildman–Crippen LogP) is 4.31. The molecule has 1 aliphatic carbocycles. The SMILES string of the molecule is Cc1ccc(C(=O)N(Cc2ccc3c(c2)OCO3)C2CCCC2)cc1. The van der Waals surface area contributed by atoms with Crippen LogP contribution in [0.15, 0.2) is 42.5 Å². The van der Waals surface area contributed by atoms with Crippen LogP contribution in [0.25, 0.3) is 0 Å². The highest BCUT2D eigenvalue weighted by Crippen LogP contribution is 2.34. The summed E-state index contributed by atoms with van der Waals surface area (Å²) in [4.78, 5) is 15.2. The summed E-state index contributed by atoms with van der Waals surface area (Å²) in [6, 6.07) is 14.1. The first-order valence-electron chi connectivity index (χ1n) is 8.97. The van der Waals surface area contributed by atoms with Crippen LogP contribution in [0.2, 0.25) is 0 Å². The van der Waals surface area contributed by atoms with Gasteiger partial charge in [-0.05, 0) is 49.6 Å². The first kappa shape index (κ1) is 16.0. The monoisotopic (exact) mass is 337 g/mol. The molecule has 1 fully saturated rings. The molecule has 2 aromatic carbocycles. The average Bonchev–Trinajstić information content (AvgIpc) is 3.31. The Morgan fingerprint density at radius 1 is 1.04 bits per heavy atom. The Morgan fingerprint density at radius 3 is 2.52 bits per heavy atom. The minimum Gasteiger partial charge on any atom is -0.454 e. The number of hydrogen-bond acceptors (Lipinski definition) is 3. The lowest BCUT2D eigenvalue weighted by molar-refractivity contribution is 0.0664. The molecular weight excluding hydrogens is 314 g/mol. The van der Waals surface area contributed by atoms with Crippen molar-refractivity contribution >= 4 is 5.91 Å². The van der Waals surface area contributed by atoms with Crippen LogP contribution < -0.4 is 9.47 Å².